The first-order chi connectivity index (χ1) is 18.4. The average Bonchev–Trinajstić information content (AvgIpc) is 3.47. The van der Waals surface area contributed by atoms with Gasteiger partial charge >= 0.3 is 6.61 Å². The molecule has 0 radical (unpaired) electrons. The zero-order valence-corrected chi connectivity index (χ0v) is 20.8. The van der Waals surface area contributed by atoms with Crippen LogP contribution in [-0.2, 0) is 11.2 Å². The number of fused-ring (bicyclic) bond motifs is 3. The number of halogens is 3. The number of hydrogen-bond donors (Lipinski definition) is 0. The number of anilines is 1. The molecule has 0 N–H and O–H groups in total. The van der Waals surface area contributed by atoms with Crippen molar-refractivity contribution in [1.82, 2.24) is 19.4 Å². The summed E-state index contributed by atoms with van der Waals surface area (Å²) in [6, 6.07) is 13.4. The molecule has 6 rings (SSSR count). The molecule has 0 saturated carbocycles. The quantitative estimate of drug-likeness (QED) is 0.368. The number of hydrogen-bond acceptors (Lipinski definition) is 5. The molecule has 196 valence electrons. The number of imidazole rings is 1. The first-order valence-corrected chi connectivity index (χ1v) is 12.6. The van der Waals surface area contributed by atoms with Gasteiger partial charge in [-0.25, -0.2) is 14.4 Å². The van der Waals surface area contributed by atoms with Crippen LogP contribution >= 0.6 is 0 Å². The highest BCUT2D eigenvalue weighted by molar-refractivity contribution is 5.84. The van der Waals surface area contributed by atoms with E-state index in [1.165, 1.54) is 12.1 Å². The molecule has 2 aromatic carbocycles. The summed E-state index contributed by atoms with van der Waals surface area (Å²) < 4.78 is 48.1. The van der Waals surface area contributed by atoms with Crippen molar-refractivity contribution in [2.75, 3.05) is 31.1 Å². The lowest BCUT2D eigenvalue weighted by Crippen LogP contribution is -2.48. The van der Waals surface area contributed by atoms with E-state index in [1.807, 2.05) is 21.6 Å². The van der Waals surface area contributed by atoms with Crippen LogP contribution in [0, 0.1) is 5.82 Å². The van der Waals surface area contributed by atoms with Crippen LogP contribution in [-0.4, -0.2) is 58.1 Å². The minimum Gasteiger partial charge on any atom is -0.434 e. The van der Waals surface area contributed by atoms with Gasteiger partial charge in [0.1, 0.15) is 23.2 Å². The summed E-state index contributed by atoms with van der Waals surface area (Å²) in [5.74, 6) is 1.36. The van der Waals surface area contributed by atoms with Gasteiger partial charge in [-0.05, 0) is 30.7 Å². The number of alkyl halides is 2. The van der Waals surface area contributed by atoms with Gasteiger partial charge in [0.05, 0.1) is 17.1 Å². The van der Waals surface area contributed by atoms with Gasteiger partial charge in [-0.15, -0.1) is 0 Å². The van der Waals surface area contributed by atoms with E-state index in [4.69, 9.17) is 4.74 Å². The number of rotatable bonds is 5. The summed E-state index contributed by atoms with van der Waals surface area (Å²) in [6.45, 7) is 1.30. The van der Waals surface area contributed by atoms with Gasteiger partial charge in [0, 0.05) is 68.5 Å². The molecule has 2 aliphatic heterocycles. The largest absolute Gasteiger partial charge is 0.434 e. The molecule has 4 heterocycles. The van der Waals surface area contributed by atoms with Crippen molar-refractivity contribution >= 4 is 22.8 Å². The maximum atomic E-state index is 15.2. The minimum atomic E-state index is -2.93. The van der Waals surface area contributed by atoms with E-state index < -0.39 is 12.4 Å². The summed E-state index contributed by atoms with van der Waals surface area (Å²) in [6.07, 6.45) is 2.98. The molecule has 0 bridgehead atoms. The first kappa shape index (κ1) is 24.3. The Morgan fingerprint density at radius 3 is 2.58 bits per heavy atom. The number of ether oxygens (including phenoxy) is 1. The third-order valence-electron chi connectivity index (χ3n) is 7.41. The molecular formula is C28H26F3N5O2. The molecule has 7 nitrogen and oxygen atoms in total. The molecule has 38 heavy (non-hydrogen) atoms. The number of carbonyl (C=O) groups excluding carboxylic acids is 1. The fourth-order valence-corrected chi connectivity index (χ4v) is 5.54. The number of para-hydroxylation sites is 1. The van der Waals surface area contributed by atoms with Gasteiger partial charge in [0.15, 0.2) is 0 Å². The summed E-state index contributed by atoms with van der Waals surface area (Å²) in [5.41, 5.74) is 2.92. The number of aromatic nitrogens is 3. The SMILES string of the molecule is CC(=O)N1CCN(c2ccc(-c3cc4c(cc3F)nc3n4C(c4ccccc4OC(F)F)CC3)cn2)CC1. The molecule has 2 aromatic heterocycles. The maximum Gasteiger partial charge on any atom is 0.387 e. The predicted molar refractivity (Wildman–Crippen MR) is 137 cm³/mol. The van der Waals surface area contributed by atoms with Crippen molar-refractivity contribution < 1.29 is 22.7 Å². The second kappa shape index (κ2) is 9.66. The van der Waals surface area contributed by atoms with Gasteiger partial charge in [-0.1, -0.05) is 18.2 Å². The Balaban J connectivity index is 1.32. The minimum absolute atomic E-state index is 0.0671. The fourth-order valence-electron chi connectivity index (χ4n) is 5.54. The highest BCUT2D eigenvalue weighted by Crippen LogP contribution is 2.41. The van der Waals surface area contributed by atoms with Crippen LogP contribution in [0.5, 0.6) is 5.75 Å². The molecule has 2 aliphatic rings. The molecule has 1 amide bonds. The van der Waals surface area contributed by atoms with Gasteiger partial charge in [-0.3, -0.25) is 4.79 Å². The van der Waals surface area contributed by atoms with E-state index in [9.17, 15) is 13.6 Å². The van der Waals surface area contributed by atoms with Crippen molar-refractivity contribution in [2.45, 2.75) is 32.4 Å². The second-order valence-corrected chi connectivity index (χ2v) is 9.59. The second-order valence-electron chi connectivity index (χ2n) is 9.59. The number of pyridine rings is 1. The summed E-state index contributed by atoms with van der Waals surface area (Å²) >= 11 is 0. The number of carbonyl (C=O) groups is 1. The number of aryl methyl sites for hydroxylation is 1. The van der Waals surface area contributed by atoms with E-state index in [1.54, 1.807) is 37.4 Å². The van der Waals surface area contributed by atoms with Crippen molar-refractivity contribution in [3.05, 3.63) is 71.9 Å². The normalized spacial score (nSPS) is 17.3. The Bertz CT molecular complexity index is 1500. The summed E-state index contributed by atoms with van der Waals surface area (Å²) in [4.78, 5) is 24.7. The van der Waals surface area contributed by atoms with E-state index >= 15 is 4.39 Å². The zero-order chi connectivity index (χ0) is 26.4. The van der Waals surface area contributed by atoms with Crippen LogP contribution in [0.3, 0.4) is 0 Å². The molecule has 10 heteroatoms. The molecule has 0 spiro atoms. The lowest BCUT2D eigenvalue weighted by molar-refractivity contribution is -0.129. The molecule has 1 unspecified atom stereocenters. The average molecular weight is 522 g/mol. The number of benzene rings is 2. The zero-order valence-electron chi connectivity index (χ0n) is 20.8. The van der Waals surface area contributed by atoms with E-state index in [2.05, 4.69) is 14.9 Å². The highest BCUT2D eigenvalue weighted by atomic mass is 19.3. The van der Waals surface area contributed by atoms with Crippen LogP contribution in [0.1, 0.15) is 30.8 Å². The molecule has 4 aromatic rings. The third-order valence-corrected chi connectivity index (χ3v) is 7.41. The maximum absolute atomic E-state index is 15.2. The Morgan fingerprint density at radius 1 is 1.08 bits per heavy atom. The van der Waals surface area contributed by atoms with Crippen molar-refractivity contribution in [3.63, 3.8) is 0 Å². The van der Waals surface area contributed by atoms with Crippen LogP contribution in [0.25, 0.3) is 22.2 Å². The van der Waals surface area contributed by atoms with E-state index in [0.717, 1.165) is 17.2 Å². The Hall–Kier alpha value is -4.08. The van der Waals surface area contributed by atoms with Crippen LogP contribution in [0.4, 0.5) is 19.0 Å². The van der Waals surface area contributed by atoms with E-state index in [0.29, 0.717) is 61.2 Å². The molecule has 0 aliphatic carbocycles. The molecule has 1 atom stereocenters. The first-order valence-electron chi connectivity index (χ1n) is 12.6. The number of amides is 1. The van der Waals surface area contributed by atoms with Gasteiger partial charge < -0.3 is 19.1 Å². The monoisotopic (exact) mass is 521 g/mol. The summed E-state index contributed by atoms with van der Waals surface area (Å²) in [7, 11) is 0. The predicted octanol–water partition coefficient (Wildman–Crippen LogP) is 5.04. The van der Waals surface area contributed by atoms with Gasteiger partial charge in [-0.2, -0.15) is 8.78 Å². The van der Waals surface area contributed by atoms with Crippen LogP contribution in [0.2, 0.25) is 0 Å². The third kappa shape index (κ3) is 4.33. The van der Waals surface area contributed by atoms with Crippen molar-refractivity contribution in [1.29, 1.82) is 0 Å². The van der Waals surface area contributed by atoms with Crippen molar-refractivity contribution in [3.8, 4) is 16.9 Å². The van der Waals surface area contributed by atoms with Crippen LogP contribution in [0.15, 0.2) is 54.7 Å². The smallest absolute Gasteiger partial charge is 0.387 e. The number of piperazine rings is 1. The topological polar surface area (TPSA) is 63.5 Å². The standard InChI is InChI=1S/C28H26F3N5O2/c1-17(37)34-10-12-35(13-11-34)26-8-6-18(16-32-26)20-14-24-22(15-21(20)29)33-27-9-7-23(36(24)27)19-4-2-3-5-25(19)38-28(30)31/h2-6,8,14-16,23,28H,7,9-13H2,1H3. The molecule has 1 fully saturated rings. The van der Waals surface area contributed by atoms with Gasteiger partial charge in [0.25, 0.3) is 0 Å². The fraction of sp³-hybridized carbons (Fsp3) is 0.321. The van der Waals surface area contributed by atoms with Gasteiger partial charge in [0.2, 0.25) is 5.91 Å². The van der Waals surface area contributed by atoms with Crippen molar-refractivity contribution in [2.24, 2.45) is 0 Å². The lowest BCUT2D eigenvalue weighted by Gasteiger charge is -2.34. The molecular weight excluding hydrogens is 495 g/mol. The number of nitrogens with zero attached hydrogens (tertiary/aromatic N) is 5. The van der Waals surface area contributed by atoms with Crippen LogP contribution < -0.4 is 9.64 Å². The Morgan fingerprint density at radius 2 is 1.87 bits per heavy atom. The highest BCUT2D eigenvalue weighted by Gasteiger charge is 2.30. The summed E-state index contributed by atoms with van der Waals surface area (Å²) in [5, 5.41) is 0. The Labute approximate surface area is 217 Å². The lowest BCUT2D eigenvalue weighted by atomic mass is 10.0. The molecule has 1 saturated heterocycles. The van der Waals surface area contributed by atoms with E-state index in [-0.39, 0.29) is 17.7 Å². The Kier molecular flexibility index (Phi) is 6.17.